The summed E-state index contributed by atoms with van der Waals surface area (Å²) in [6.07, 6.45) is 6.89. The second-order valence-electron chi connectivity index (χ2n) is 5.08. The van der Waals surface area contributed by atoms with Crippen LogP contribution >= 0.6 is 0 Å². The number of carbonyl (C=O) groups excluding carboxylic acids is 1. The van der Waals surface area contributed by atoms with Crippen molar-refractivity contribution < 1.29 is 4.79 Å². The fourth-order valence-corrected chi connectivity index (χ4v) is 2.26. The highest BCUT2D eigenvalue weighted by Crippen LogP contribution is 2.25. The van der Waals surface area contributed by atoms with Crippen molar-refractivity contribution in [3.8, 4) is 11.3 Å². The Morgan fingerprint density at radius 1 is 1.38 bits per heavy atom. The highest BCUT2D eigenvalue weighted by molar-refractivity contribution is 5.90. The number of nitrogens with one attached hydrogen (secondary N) is 1. The van der Waals surface area contributed by atoms with Crippen molar-refractivity contribution >= 4 is 16.9 Å². The number of nitrogens with zero attached hydrogens (tertiary/aromatic N) is 5. The van der Waals surface area contributed by atoms with Crippen molar-refractivity contribution in [2.45, 2.75) is 13.0 Å². The molecular weight excluding hydrogens is 268 g/mol. The van der Waals surface area contributed by atoms with E-state index in [0.717, 1.165) is 22.3 Å². The molecule has 1 unspecified atom stereocenters. The van der Waals surface area contributed by atoms with Gasteiger partial charge in [0.1, 0.15) is 18.0 Å². The number of amides is 1. The van der Waals surface area contributed by atoms with Crippen LogP contribution in [0.1, 0.15) is 13.0 Å². The molecule has 0 fully saturated rings. The van der Waals surface area contributed by atoms with Gasteiger partial charge < -0.3 is 9.88 Å². The first-order valence-corrected chi connectivity index (χ1v) is 6.61. The number of carbonyl (C=O) groups is 1. The lowest BCUT2D eigenvalue weighted by Gasteiger charge is -2.16. The molecule has 0 aromatic carbocycles. The minimum atomic E-state index is -0.350. The summed E-state index contributed by atoms with van der Waals surface area (Å²) in [4.78, 5) is 25.1. The number of aromatic amines is 1. The van der Waals surface area contributed by atoms with E-state index in [9.17, 15) is 4.79 Å². The van der Waals surface area contributed by atoms with Gasteiger partial charge in [-0.1, -0.05) is 0 Å². The average Bonchev–Trinajstić information content (AvgIpc) is 3.13. The third-order valence-electron chi connectivity index (χ3n) is 3.42. The molecule has 21 heavy (non-hydrogen) atoms. The Labute approximate surface area is 121 Å². The Hall–Kier alpha value is -2.70. The van der Waals surface area contributed by atoms with Crippen molar-refractivity contribution in [3.05, 3.63) is 31.0 Å². The molecule has 0 aliphatic rings. The van der Waals surface area contributed by atoms with E-state index >= 15 is 0 Å². The molecule has 7 heteroatoms. The lowest BCUT2D eigenvalue weighted by atomic mass is 10.2. The third kappa shape index (κ3) is 2.26. The summed E-state index contributed by atoms with van der Waals surface area (Å²) in [5.74, 6) is -0.000807. The molecule has 3 aromatic heterocycles. The van der Waals surface area contributed by atoms with E-state index in [4.69, 9.17) is 0 Å². The molecule has 1 N–H and O–H groups in total. The standard InChI is InChI=1S/C14H16N6O/c1-9(14(21)19(2)3)20-7-10(6-18-20)12-11-4-5-15-13(11)17-8-16-12/h4-9H,1-3H3,(H,15,16,17). The Morgan fingerprint density at radius 3 is 2.95 bits per heavy atom. The molecule has 1 amide bonds. The number of likely N-dealkylation sites (N-methyl/N-ethyl adjacent to an activating group) is 1. The van der Waals surface area contributed by atoms with Crippen molar-refractivity contribution in [2.24, 2.45) is 0 Å². The second kappa shape index (κ2) is 5.01. The van der Waals surface area contributed by atoms with Crippen LogP contribution in [-0.2, 0) is 4.79 Å². The zero-order chi connectivity index (χ0) is 15.0. The van der Waals surface area contributed by atoms with Gasteiger partial charge in [0.15, 0.2) is 0 Å². The van der Waals surface area contributed by atoms with Gasteiger partial charge in [-0.3, -0.25) is 9.48 Å². The topological polar surface area (TPSA) is 79.7 Å². The normalized spacial score (nSPS) is 12.5. The quantitative estimate of drug-likeness (QED) is 0.790. The van der Waals surface area contributed by atoms with Crippen LogP contribution in [0, 0.1) is 0 Å². The van der Waals surface area contributed by atoms with Crippen LogP contribution in [0.25, 0.3) is 22.3 Å². The molecule has 0 aliphatic heterocycles. The molecule has 3 aromatic rings. The molecule has 3 rings (SSSR count). The molecule has 0 saturated carbocycles. The van der Waals surface area contributed by atoms with E-state index < -0.39 is 0 Å². The van der Waals surface area contributed by atoms with Crippen molar-refractivity contribution in [1.82, 2.24) is 29.6 Å². The van der Waals surface area contributed by atoms with Gasteiger partial charge in [-0.2, -0.15) is 5.10 Å². The van der Waals surface area contributed by atoms with Crippen molar-refractivity contribution in [2.75, 3.05) is 14.1 Å². The molecule has 0 bridgehead atoms. The van der Waals surface area contributed by atoms with Gasteiger partial charge in [-0.15, -0.1) is 0 Å². The van der Waals surface area contributed by atoms with Crippen LogP contribution in [-0.4, -0.2) is 49.6 Å². The number of H-pyrrole nitrogens is 1. The number of hydrogen-bond donors (Lipinski definition) is 1. The lowest BCUT2D eigenvalue weighted by Crippen LogP contribution is -2.30. The average molecular weight is 284 g/mol. The van der Waals surface area contributed by atoms with Crippen LogP contribution in [0.3, 0.4) is 0 Å². The fraction of sp³-hybridized carbons (Fsp3) is 0.286. The third-order valence-corrected chi connectivity index (χ3v) is 3.42. The van der Waals surface area contributed by atoms with Gasteiger partial charge in [0.25, 0.3) is 0 Å². The first-order chi connectivity index (χ1) is 10.1. The largest absolute Gasteiger partial charge is 0.347 e. The van der Waals surface area contributed by atoms with Gasteiger partial charge in [0.2, 0.25) is 5.91 Å². The van der Waals surface area contributed by atoms with Crippen LogP contribution in [0.15, 0.2) is 31.0 Å². The van der Waals surface area contributed by atoms with Gasteiger partial charge in [-0.25, -0.2) is 9.97 Å². The predicted molar refractivity (Wildman–Crippen MR) is 78.5 cm³/mol. The van der Waals surface area contributed by atoms with E-state index in [2.05, 4.69) is 20.1 Å². The van der Waals surface area contributed by atoms with Crippen molar-refractivity contribution in [1.29, 1.82) is 0 Å². The molecule has 7 nitrogen and oxygen atoms in total. The SMILES string of the molecule is CC(C(=O)N(C)C)n1cc(-c2ncnc3[nH]ccc23)cn1. The maximum Gasteiger partial charge on any atom is 0.246 e. The lowest BCUT2D eigenvalue weighted by molar-refractivity contribution is -0.131. The van der Waals surface area contributed by atoms with Crippen LogP contribution in [0.2, 0.25) is 0 Å². The molecule has 0 saturated heterocycles. The molecule has 0 aliphatic carbocycles. The monoisotopic (exact) mass is 284 g/mol. The van der Waals surface area contributed by atoms with E-state index in [1.54, 1.807) is 29.9 Å². The molecule has 1 atom stereocenters. The maximum absolute atomic E-state index is 12.0. The summed E-state index contributed by atoms with van der Waals surface area (Å²) < 4.78 is 1.65. The van der Waals surface area contributed by atoms with Crippen LogP contribution < -0.4 is 0 Å². The van der Waals surface area contributed by atoms with E-state index in [0.29, 0.717) is 0 Å². The van der Waals surface area contributed by atoms with Gasteiger partial charge in [0.05, 0.1) is 11.9 Å². The summed E-state index contributed by atoms with van der Waals surface area (Å²) in [5.41, 5.74) is 2.45. The summed E-state index contributed by atoms with van der Waals surface area (Å²) in [7, 11) is 3.47. The summed E-state index contributed by atoms with van der Waals surface area (Å²) in [6, 6.07) is 1.58. The summed E-state index contributed by atoms with van der Waals surface area (Å²) in [5, 5.41) is 5.22. The van der Waals surface area contributed by atoms with Gasteiger partial charge in [0, 0.05) is 37.4 Å². The summed E-state index contributed by atoms with van der Waals surface area (Å²) in [6.45, 7) is 1.82. The van der Waals surface area contributed by atoms with Gasteiger partial charge >= 0.3 is 0 Å². The highest BCUT2D eigenvalue weighted by atomic mass is 16.2. The Balaban J connectivity index is 1.99. The number of fused-ring (bicyclic) bond motifs is 1. The van der Waals surface area contributed by atoms with Gasteiger partial charge in [-0.05, 0) is 13.0 Å². The number of aromatic nitrogens is 5. The summed E-state index contributed by atoms with van der Waals surface area (Å²) >= 11 is 0. The minimum absolute atomic E-state index is 0.000807. The zero-order valence-corrected chi connectivity index (χ0v) is 12.1. The number of rotatable bonds is 3. The first-order valence-electron chi connectivity index (χ1n) is 6.61. The predicted octanol–water partition coefficient (Wildman–Crippen LogP) is 1.47. The number of hydrogen-bond acceptors (Lipinski definition) is 4. The maximum atomic E-state index is 12.0. The Bertz CT molecular complexity index is 787. The molecule has 3 heterocycles. The molecular formula is C14H16N6O. The Morgan fingerprint density at radius 2 is 2.19 bits per heavy atom. The highest BCUT2D eigenvalue weighted by Gasteiger charge is 2.18. The first kappa shape index (κ1) is 13.3. The Kier molecular flexibility index (Phi) is 3.17. The zero-order valence-electron chi connectivity index (χ0n) is 12.1. The van der Waals surface area contributed by atoms with Crippen LogP contribution in [0.5, 0.6) is 0 Å². The molecule has 0 spiro atoms. The molecule has 0 radical (unpaired) electrons. The molecule has 108 valence electrons. The van der Waals surface area contributed by atoms with E-state index in [-0.39, 0.29) is 11.9 Å². The van der Waals surface area contributed by atoms with Crippen LogP contribution in [0.4, 0.5) is 0 Å². The fourth-order valence-electron chi connectivity index (χ4n) is 2.26. The smallest absolute Gasteiger partial charge is 0.246 e. The van der Waals surface area contributed by atoms with Crippen molar-refractivity contribution in [3.63, 3.8) is 0 Å². The minimum Gasteiger partial charge on any atom is -0.347 e. The van der Waals surface area contributed by atoms with E-state index in [1.807, 2.05) is 25.4 Å². The van der Waals surface area contributed by atoms with E-state index in [1.165, 1.54) is 6.33 Å². The second-order valence-corrected chi connectivity index (χ2v) is 5.08.